The van der Waals surface area contributed by atoms with E-state index < -0.39 is 5.91 Å². The van der Waals surface area contributed by atoms with E-state index in [1.165, 1.54) is 0 Å². The molecule has 0 atom stereocenters. The quantitative estimate of drug-likeness (QED) is 0.483. The number of hydrogen-bond acceptors (Lipinski definition) is 4. The summed E-state index contributed by atoms with van der Waals surface area (Å²) >= 11 is 0. The molecule has 0 unspecified atom stereocenters. The Morgan fingerprint density at radius 1 is 1.24 bits per heavy atom. The van der Waals surface area contributed by atoms with Crippen LogP contribution in [0.4, 0.5) is 0 Å². The van der Waals surface area contributed by atoms with E-state index >= 15 is 0 Å². The molecule has 8 nitrogen and oxygen atoms in total. The summed E-state index contributed by atoms with van der Waals surface area (Å²) in [7, 11) is 0. The highest BCUT2D eigenvalue weighted by atomic mass is 16.1. The van der Waals surface area contributed by atoms with Gasteiger partial charge in [0.25, 0.3) is 0 Å². The molecule has 1 heterocycles. The Kier molecular flexibility index (Phi) is 6.94. The number of aryl methyl sites for hydroxylation is 1. The highest BCUT2D eigenvalue weighted by Crippen LogP contribution is 2.05. The van der Waals surface area contributed by atoms with E-state index in [2.05, 4.69) is 32.7 Å². The van der Waals surface area contributed by atoms with Gasteiger partial charge in [-0.25, -0.2) is 4.99 Å². The minimum absolute atomic E-state index is 0.425. The molecule has 1 aromatic carbocycles. The Hall–Kier alpha value is -2.90. The summed E-state index contributed by atoms with van der Waals surface area (Å²) in [5, 5.41) is 14.5. The third kappa shape index (κ3) is 5.59. The number of nitrogens with two attached hydrogens (primary N) is 1. The second-order valence-electron chi connectivity index (χ2n) is 5.48. The van der Waals surface area contributed by atoms with Crippen molar-refractivity contribution in [1.29, 1.82) is 0 Å². The predicted octanol–water partition coefficient (Wildman–Crippen LogP) is 0.695. The SMILES string of the molecule is CCNC(=NCc1ccc(C(N)=O)cc1)NCCn1cnnc1CC. The smallest absolute Gasteiger partial charge is 0.248 e. The van der Waals surface area contributed by atoms with Crippen LogP contribution in [0.3, 0.4) is 0 Å². The molecule has 2 rings (SSSR count). The summed E-state index contributed by atoms with van der Waals surface area (Å²) in [5.74, 6) is 1.29. The van der Waals surface area contributed by atoms with E-state index in [1.54, 1.807) is 18.5 Å². The predicted molar refractivity (Wildman–Crippen MR) is 97.2 cm³/mol. The summed E-state index contributed by atoms with van der Waals surface area (Å²) in [5.41, 5.74) is 6.75. The van der Waals surface area contributed by atoms with Crippen molar-refractivity contribution in [2.45, 2.75) is 33.4 Å². The monoisotopic (exact) mass is 343 g/mol. The number of nitrogens with one attached hydrogen (secondary N) is 2. The molecule has 0 spiro atoms. The number of benzene rings is 1. The second-order valence-corrected chi connectivity index (χ2v) is 5.48. The first-order valence-corrected chi connectivity index (χ1v) is 8.41. The lowest BCUT2D eigenvalue weighted by Gasteiger charge is -2.12. The van der Waals surface area contributed by atoms with Crippen molar-refractivity contribution in [2.24, 2.45) is 10.7 Å². The number of hydrogen-bond donors (Lipinski definition) is 3. The standard InChI is InChI=1S/C17H25N7O/c1-3-15-23-22-12-24(15)10-9-20-17(19-4-2)21-11-13-5-7-14(8-6-13)16(18)25/h5-8,12H,3-4,9-11H2,1-2H3,(H2,18,25)(H2,19,20,21). The van der Waals surface area contributed by atoms with Crippen LogP contribution in [0.15, 0.2) is 35.6 Å². The molecule has 1 aromatic heterocycles. The fourth-order valence-electron chi connectivity index (χ4n) is 2.32. The Labute approximate surface area is 147 Å². The number of rotatable bonds is 8. The average molecular weight is 343 g/mol. The Morgan fingerprint density at radius 2 is 2.00 bits per heavy atom. The first kappa shape index (κ1) is 18.4. The molecular formula is C17H25N7O. The molecule has 0 radical (unpaired) electrons. The van der Waals surface area contributed by atoms with Crippen LogP contribution in [0.5, 0.6) is 0 Å². The number of carbonyl (C=O) groups is 1. The third-order valence-corrected chi connectivity index (χ3v) is 3.66. The first-order valence-electron chi connectivity index (χ1n) is 8.41. The first-order chi connectivity index (χ1) is 12.1. The molecule has 0 saturated carbocycles. The number of carbonyl (C=O) groups excluding carboxylic acids is 1. The summed E-state index contributed by atoms with van der Waals surface area (Å²) in [6.45, 7) is 6.86. The molecule has 4 N–H and O–H groups in total. The van der Waals surface area contributed by atoms with Crippen molar-refractivity contribution in [3.8, 4) is 0 Å². The van der Waals surface area contributed by atoms with Crippen LogP contribution in [0.25, 0.3) is 0 Å². The summed E-state index contributed by atoms with van der Waals surface area (Å²) < 4.78 is 2.03. The summed E-state index contributed by atoms with van der Waals surface area (Å²) in [6, 6.07) is 7.15. The lowest BCUT2D eigenvalue weighted by Crippen LogP contribution is -2.38. The molecule has 8 heteroatoms. The third-order valence-electron chi connectivity index (χ3n) is 3.66. The van der Waals surface area contributed by atoms with Crippen LogP contribution in [-0.4, -0.2) is 39.7 Å². The van der Waals surface area contributed by atoms with Crippen molar-refractivity contribution in [3.05, 3.63) is 47.5 Å². The molecule has 25 heavy (non-hydrogen) atoms. The van der Waals surface area contributed by atoms with Gasteiger partial charge < -0.3 is 20.9 Å². The molecular weight excluding hydrogens is 318 g/mol. The second kappa shape index (κ2) is 9.41. The Morgan fingerprint density at radius 3 is 2.64 bits per heavy atom. The summed E-state index contributed by atoms with van der Waals surface area (Å²) in [4.78, 5) is 15.6. The van der Waals surface area contributed by atoms with Gasteiger partial charge in [0.2, 0.25) is 5.91 Å². The molecule has 0 aliphatic carbocycles. The van der Waals surface area contributed by atoms with E-state index in [0.717, 1.165) is 43.4 Å². The molecule has 134 valence electrons. The lowest BCUT2D eigenvalue weighted by molar-refractivity contribution is 0.100. The van der Waals surface area contributed by atoms with E-state index in [9.17, 15) is 4.79 Å². The van der Waals surface area contributed by atoms with Crippen LogP contribution in [0, 0.1) is 0 Å². The zero-order valence-electron chi connectivity index (χ0n) is 14.7. The normalized spacial score (nSPS) is 11.4. The van der Waals surface area contributed by atoms with Crippen LogP contribution >= 0.6 is 0 Å². The van der Waals surface area contributed by atoms with Crippen LogP contribution in [0.1, 0.15) is 35.6 Å². The van der Waals surface area contributed by atoms with Gasteiger partial charge >= 0.3 is 0 Å². The van der Waals surface area contributed by atoms with Gasteiger partial charge in [-0.2, -0.15) is 0 Å². The Bertz CT molecular complexity index is 706. The van der Waals surface area contributed by atoms with Crippen molar-refractivity contribution in [3.63, 3.8) is 0 Å². The van der Waals surface area contributed by atoms with E-state index in [4.69, 9.17) is 5.73 Å². The van der Waals surface area contributed by atoms with Gasteiger partial charge in [-0.1, -0.05) is 19.1 Å². The van der Waals surface area contributed by atoms with Crippen molar-refractivity contribution in [2.75, 3.05) is 13.1 Å². The lowest BCUT2D eigenvalue weighted by atomic mass is 10.1. The number of aliphatic imine (C=N–C) groups is 1. The minimum Gasteiger partial charge on any atom is -0.366 e. The van der Waals surface area contributed by atoms with Crippen LogP contribution < -0.4 is 16.4 Å². The Balaban J connectivity index is 1.90. The highest BCUT2D eigenvalue weighted by Gasteiger charge is 2.03. The molecule has 0 saturated heterocycles. The maximum atomic E-state index is 11.1. The van der Waals surface area contributed by atoms with Crippen molar-refractivity contribution < 1.29 is 4.79 Å². The molecule has 0 aliphatic rings. The highest BCUT2D eigenvalue weighted by molar-refractivity contribution is 5.92. The number of aromatic nitrogens is 3. The maximum absolute atomic E-state index is 11.1. The number of amides is 1. The van der Waals surface area contributed by atoms with Gasteiger partial charge in [-0.05, 0) is 24.6 Å². The van der Waals surface area contributed by atoms with Crippen LogP contribution in [-0.2, 0) is 19.5 Å². The zero-order chi connectivity index (χ0) is 18.1. The van der Waals surface area contributed by atoms with E-state index in [-0.39, 0.29) is 0 Å². The largest absolute Gasteiger partial charge is 0.366 e. The van der Waals surface area contributed by atoms with Gasteiger partial charge in [-0.15, -0.1) is 10.2 Å². The summed E-state index contributed by atoms with van der Waals surface area (Å²) in [6.07, 6.45) is 2.60. The number of primary amides is 1. The topological polar surface area (TPSA) is 110 Å². The van der Waals surface area contributed by atoms with Crippen molar-refractivity contribution >= 4 is 11.9 Å². The van der Waals surface area contributed by atoms with Crippen molar-refractivity contribution in [1.82, 2.24) is 25.4 Å². The van der Waals surface area contributed by atoms with Gasteiger partial charge in [0.15, 0.2) is 5.96 Å². The minimum atomic E-state index is -0.425. The number of guanidine groups is 1. The average Bonchev–Trinajstić information content (AvgIpc) is 3.07. The molecule has 2 aromatic rings. The maximum Gasteiger partial charge on any atom is 0.248 e. The fraction of sp³-hybridized carbons (Fsp3) is 0.412. The van der Waals surface area contributed by atoms with Gasteiger partial charge in [0.1, 0.15) is 12.2 Å². The number of nitrogens with zero attached hydrogens (tertiary/aromatic N) is 4. The fourth-order valence-corrected chi connectivity index (χ4v) is 2.32. The van der Waals surface area contributed by atoms with Gasteiger partial charge in [0.05, 0.1) is 6.54 Å². The molecule has 1 amide bonds. The van der Waals surface area contributed by atoms with Gasteiger partial charge in [0, 0.05) is 31.6 Å². The van der Waals surface area contributed by atoms with E-state index in [1.807, 2.05) is 23.6 Å². The van der Waals surface area contributed by atoms with Crippen LogP contribution in [0.2, 0.25) is 0 Å². The van der Waals surface area contributed by atoms with Gasteiger partial charge in [-0.3, -0.25) is 4.79 Å². The molecule has 0 bridgehead atoms. The zero-order valence-corrected chi connectivity index (χ0v) is 14.7. The molecule has 0 fully saturated rings. The molecule has 0 aliphatic heterocycles. The van der Waals surface area contributed by atoms with E-state index in [0.29, 0.717) is 12.1 Å².